The quantitative estimate of drug-likeness (QED) is 0.607. The molecule has 24 heavy (non-hydrogen) atoms. The van der Waals surface area contributed by atoms with Gasteiger partial charge in [-0.2, -0.15) is 0 Å². The number of fused-ring (bicyclic) bond motifs is 1. The molecule has 0 bridgehead atoms. The Balaban J connectivity index is 1.76. The van der Waals surface area contributed by atoms with E-state index in [9.17, 15) is 0 Å². The number of imidazole rings is 1. The third-order valence-electron chi connectivity index (χ3n) is 4.05. The highest BCUT2D eigenvalue weighted by Crippen LogP contribution is 2.21. The Bertz CT molecular complexity index is 809. The van der Waals surface area contributed by atoms with E-state index in [4.69, 9.17) is 28.2 Å². The molecule has 5 heteroatoms. The number of rotatable bonds is 7. The van der Waals surface area contributed by atoms with E-state index < -0.39 is 0 Å². The van der Waals surface area contributed by atoms with E-state index in [1.54, 1.807) is 0 Å². The molecule has 0 saturated heterocycles. The fourth-order valence-electron chi connectivity index (χ4n) is 2.77. The zero-order valence-corrected chi connectivity index (χ0v) is 15.2. The summed E-state index contributed by atoms with van der Waals surface area (Å²) in [5, 5.41) is 4.98. The van der Waals surface area contributed by atoms with Crippen LogP contribution in [-0.2, 0) is 19.6 Å². The first-order chi connectivity index (χ1) is 11.7. The molecular weight excluding hydrogens is 341 g/mol. The van der Waals surface area contributed by atoms with Gasteiger partial charge in [0.25, 0.3) is 0 Å². The Morgan fingerprint density at radius 3 is 2.50 bits per heavy atom. The van der Waals surface area contributed by atoms with Gasteiger partial charge in [0.05, 0.1) is 17.6 Å². The minimum atomic E-state index is 0.721. The maximum atomic E-state index is 6.16. The lowest BCUT2D eigenvalue weighted by molar-refractivity contribution is 0.580. The van der Waals surface area contributed by atoms with Crippen molar-refractivity contribution >= 4 is 34.2 Å². The van der Waals surface area contributed by atoms with Gasteiger partial charge in [-0.3, -0.25) is 0 Å². The van der Waals surface area contributed by atoms with Crippen molar-refractivity contribution in [2.24, 2.45) is 0 Å². The number of aromatic nitrogens is 2. The van der Waals surface area contributed by atoms with Crippen molar-refractivity contribution < 1.29 is 0 Å². The third kappa shape index (κ3) is 4.10. The van der Waals surface area contributed by atoms with Gasteiger partial charge in [-0.1, -0.05) is 48.7 Å². The summed E-state index contributed by atoms with van der Waals surface area (Å²) in [6, 6.07) is 13.8. The molecule has 1 N–H and O–H groups in total. The second-order valence-electron chi connectivity index (χ2n) is 5.90. The zero-order chi connectivity index (χ0) is 16.9. The van der Waals surface area contributed by atoms with Crippen molar-refractivity contribution in [2.45, 2.75) is 39.4 Å². The molecule has 3 aromatic rings. The van der Waals surface area contributed by atoms with Crippen molar-refractivity contribution in [1.82, 2.24) is 14.9 Å². The molecule has 0 spiro atoms. The van der Waals surface area contributed by atoms with Gasteiger partial charge in [-0.05, 0) is 42.3 Å². The van der Waals surface area contributed by atoms with Crippen molar-refractivity contribution in [3.05, 3.63) is 63.9 Å². The number of nitrogens with zero attached hydrogens (tertiary/aromatic N) is 2. The maximum Gasteiger partial charge on any atom is 0.123 e. The smallest absolute Gasteiger partial charge is 0.123 e. The molecular formula is C19H21Cl2N3. The normalized spacial score (nSPS) is 11.3. The molecule has 0 unspecified atom stereocenters. The molecule has 0 aliphatic carbocycles. The summed E-state index contributed by atoms with van der Waals surface area (Å²) in [7, 11) is 0. The number of unbranched alkanes of at least 4 members (excludes halogenated alkanes) is 1. The lowest BCUT2D eigenvalue weighted by Crippen LogP contribution is -2.17. The first-order valence-corrected chi connectivity index (χ1v) is 9.03. The van der Waals surface area contributed by atoms with E-state index in [1.165, 1.54) is 5.56 Å². The minimum Gasteiger partial charge on any atom is -0.327 e. The summed E-state index contributed by atoms with van der Waals surface area (Å²) in [5.41, 5.74) is 3.32. The third-order valence-corrected chi connectivity index (χ3v) is 4.54. The van der Waals surface area contributed by atoms with Gasteiger partial charge >= 0.3 is 0 Å². The van der Waals surface area contributed by atoms with Crippen LogP contribution in [0, 0.1) is 0 Å². The predicted molar refractivity (Wildman–Crippen MR) is 102 cm³/mol. The molecule has 0 atom stereocenters. The number of aryl methyl sites for hydroxylation is 1. The molecule has 0 aliphatic rings. The largest absolute Gasteiger partial charge is 0.327 e. The van der Waals surface area contributed by atoms with E-state index in [-0.39, 0.29) is 0 Å². The van der Waals surface area contributed by atoms with Gasteiger partial charge in [-0.15, -0.1) is 0 Å². The summed E-state index contributed by atoms with van der Waals surface area (Å²) in [6.07, 6.45) is 2.28. The van der Waals surface area contributed by atoms with Crippen LogP contribution >= 0.6 is 23.2 Å². The van der Waals surface area contributed by atoms with Gasteiger partial charge < -0.3 is 9.88 Å². The highest BCUT2D eigenvalue weighted by molar-refractivity contribution is 6.31. The average molecular weight is 362 g/mol. The van der Waals surface area contributed by atoms with E-state index >= 15 is 0 Å². The first-order valence-electron chi connectivity index (χ1n) is 8.27. The Labute approximate surface area is 152 Å². The van der Waals surface area contributed by atoms with Crippen LogP contribution in [0.5, 0.6) is 0 Å². The Morgan fingerprint density at radius 1 is 1.00 bits per heavy atom. The minimum absolute atomic E-state index is 0.721. The number of hydrogen-bond donors (Lipinski definition) is 1. The highest BCUT2D eigenvalue weighted by Gasteiger charge is 2.10. The number of hydrogen-bond acceptors (Lipinski definition) is 2. The van der Waals surface area contributed by atoms with Crippen molar-refractivity contribution in [3.63, 3.8) is 0 Å². The van der Waals surface area contributed by atoms with Gasteiger partial charge in [-0.25, -0.2) is 4.98 Å². The van der Waals surface area contributed by atoms with Gasteiger partial charge in [0.1, 0.15) is 5.82 Å². The molecule has 1 aromatic heterocycles. The van der Waals surface area contributed by atoms with Crippen LogP contribution < -0.4 is 5.32 Å². The molecule has 0 aliphatic heterocycles. The molecule has 0 fully saturated rings. The summed E-state index contributed by atoms with van der Waals surface area (Å²) in [6.45, 7) is 4.67. The lowest BCUT2D eigenvalue weighted by atomic mass is 10.2. The fraction of sp³-hybridized carbons (Fsp3) is 0.316. The van der Waals surface area contributed by atoms with Gasteiger partial charge in [0.15, 0.2) is 0 Å². The van der Waals surface area contributed by atoms with Crippen LogP contribution in [0.4, 0.5) is 0 Å². The van der Waals surface area contributed by atoms with Crippen LogP contribution in [0.25, 0.3) is 11.0 Å². The molecule has 0 saturated carbocycles. The van der Waals surface area contributed by atoms with Gasteiger partial charge in [0, 0.05) is 23.1 Å². The maximum absolute atomic E-state index is 6.16. The standard InChI is InChI=1S/C19H21Cl2N3/c1-2-3-10-24-18-11-16(21)8-9-17(18)23-19(24)13-22-12-14-4-6-15(20)7-5-14/h4-9,11,22H,2-3,10,12-13H2,1H3. The molecule has 3 nitrogen and oxygen atoms in total. The van der Waals surface area contributed by atoms with Crippen molar-refractivity contribution in [3.8, 4) is 0 Å². The molecule has 126 valence electrons. The van der Waals surface area contributed by atoms with Crippen molar-refractivity contribution in [2.75, 3.05) is 0 Å². The van der Waals surface area contributed by atoms with Crippen LogP contribution in [0.3, 0.4) is 0 Å². The molecule has 1 heterocycles. The molecule has 0 amide bonds. The molecule has 3 rings (SSSR count). The summed E-state index contributed by atoms with van der Waals surface area (Å²) >= 11 is 12.1. The van der Waals surface area contributed by atoms with Crippen LogP contribution in [0.1, 0.15) is 31.2 Å². The van der Waals surface area contributed by atoms with Crippen LogP contribution in [0.15, 0.2) is 42.5 Å². The summed E-state index contributed by atoms with van der Waals surface area (Å²) < 4.78 is 2.28. The Hall–Kier alpha value is -1.55. The van der Waals surface area contributed by atoms with E-state index in [1.807, 2.05) is 42.5 Å². The zero-order valence-electron chi connectivity index (χ0n) is 13.7. The van der Waals surface area contributed by atoms with Gasteiger partial charge in [0.2, 0.25) is 0 Å². The number of nitrogens with one attached hydrogen (secondary N) is 1. The second kappa shape index (κ2) is 8.02. The number of halogens is 2. The molecule has 2 aromatic carbocycles. The summed E-state index contributed by atoms with van der Waals surface area (Å²) in [5.74, 6) is 1.05. The highest BCUT2D eigenvalue weighted by atomic mass is 35.5. The Morgan fingerprint density at radius 2 is 1.75 bits per heavy atom. The number of benzene rings is 2. The molecule has 0 radical (unpaired) electrons. The first kappa shape index (κ1) is 17.3. The SMILES string of the molecule is CCCCn1c(CNCc2ccc(Cl)cc2)nc2ccc(Cl)cc21. The van der Waals surface area contributed by atoms with E-state index in [2.05, 4.69) is 16.8 Å². The van der Waals surface area contributed by atoms with E-state index in [0.29, 0.717) is 0 Å². The topological polar surface area (TPSA) is 29.9 Å². The van der Waals surface area contributed by atoms with Crippen LogP contribution in [0.2, 0.25) is 10.0 Å². The van der Waals surface area contributed by atoms with Crippen molar-refractivity contribution in [1.29, 1.82) is 0 Å². The average Bonchev–Trinajstić information content (AvgIpc) is 2.91. The predicted octanol–water partition coefficient (Wildman–Crippen LogP) is 5.43. The monoisotopic (exact) mass is 361 g/mol. The van der Waals surface area contributed by atoms with E-state index in [0.717, 1.165) is 59.4 Å². The van der Waals surface area contributed by atoms with Crippen LogP contribution in [-0.4, -0.2) is 9.55 Å². The summed E-state index contributed by atoms with van der Waals surface area (Å²) in [4.78, 5) is 4.77. The lowest BCUT2D eigenvalue weighted by Gasteiger charge is -2.10. The Kier molecular flexibility index (Phi) is 5.77. The second-order valence-corrected chi connectivity index (χ2v) is 6.77. The fourth-order valence-corrected chi connectivity index (χ4v) is 3.06.